The Bertz CT molecular complexity index is 596. The van der Waals surface area contributed by atoms with Crippen LogP contribution in [-0.4, -0.2) is 17.4 Å². The third-order valence-corrected chi connectivity index (χ3v) is 3.33. The summed E-state index contributed by atoms with van der Waals surface area (Å²) >= 11 is 5.93. The molecule has 2 N–H and O–H groups in total. The van der Waals surface area contributed by atoms with Crippen LogP contribution in [0.1, 0.15) is 22.8 Å². The van der Waals surface area contributed by atoms with Crippen molar-refractivity contribution in [1.82, 2.24) is 4.90 Å². The van der Waals surface area contributed by atoms with Gasteiger partial charge in [-0.1, -0.05) is 29.8 Å². The summed E-state index contributed by atoms with van der Waals surface area (Å²) in [6, 6.07) is 14.6. The average Bonchev–Trinajstić information content (AvgIpc) is 2.46. The topological polar surface area (TPSA) is 46.3 Å². The molecule has 0 aromatic heterocycles. The third kappa shape index (κ3) is 3.52. The smallest absolute Gasteiger partial charge is 0.254 e. The van der Waals surface area contributed by atoms with E-state index in [-0.39, 0.29) is 5.91 Å². The van der Waals surface area contributed by atoms with E-state index in [2.05, 4.69) is 0 Å². The number of rotatable bonds is 4. The van der Waals surface area contributed by atoms with Crippen LogP contribution >= 0.6 is 11.6 Å². The van der Waals surface area contributed by atoms with E-state index in [4.69, 9.17) is 17.3 Å². The predicted molar refractivity (Wildman–Crippen MR) is 82.7 cm³/mol. The molecule has 4 heteroatoms. The fraction of sp³-hybridized carbons (Fsp3) is 0.188. The van der Waals surface area contributed by atoms with Gasteiger partial charge in [-0.05, 0) is 42.8 Å². The van der Waals surface area contributed by atoms with E-state index >= 15 is 0 Å². The number of halogens is 1. The number of anilines is 1. The molecule has 0 fully saturated rings. The van der Waals surface area contributed by atoms with Crippen LogP contribution < -0.4 is 5.73 Å². The zero-order valence-electron chi connectivity index (χ0n) is 11.3. The van der Waals surface area contributed by atoms with Crippen LogP contribution in [0.3, 0.4) is 0 Å². The summed E-state index contributed by atoms with van der Waals surface area (Å²) in [5.41, 5.74) is 8.04. The molecule has 2 rings (SSSR count). The lowest BCUT2D eigenvalue weighted by Crippen LogP contribution is -2.30. The van der Waals surface area contributed by atoms with Gasteiger partial charge >= 0.3 is 0 Å². The van der Waals surface area contributed by atoms with Gasteiger partial charge in [0.15, 0.2) is 0 Å². The summed E-state index contributed by atoms with van der Waals surface area (Å²) < 4.78 is 0. The van der Waals surface area contributed by atoms with Crippen LogP contribution in [0.15, 0.2) is 48.5 Å². The van der Waals surface area contributed by atoms with Crippen molar-refractivity contribution in [3.05, 3.63) is 64.7 Å². The molecule has 20 heavy (non-hydrogen) atoms. The molecule has 0 saturated heterocycles. The normalized spacial score (nSPS) is 10.3. The molecule has 0 aliphatic rings. The van der Waals surface area contributed by atoms with Gasteiger partial charge in [-0.15, -0.1) is 0 Å². The SMILES string of the molecule is CCN(Cc1ccc(N)cc1)C(=O)c1cccc(Cl)c1. The lowest BCUT2D eigenvalue weighted by molar-refractivity contribution is 0.0752. The highest BCUT2D eigenvalue weighted by atomic mass is 35.5. The molecular formula is C16H17ClN2O. The van der Waals surface area contributed by atoms with Crippen molar-refractivity contribution in [2.24, 2.45) is 0 Å². The molecule has 0 spiro atoms. The first-order chi connectivity index (χ1) is 9.60. The number of amides is 1. The summed E-state index contributed by atoms with van der Waals surface area (Å²) in [5.74, 6) is -0.0215. The monoisotopic (exact) mass is 288 g/mol. The van der Waals surface area contributed by atoms with Gasteiger partial charge in [-0.3, -0.25) is 4.79 Å². The zero-order chi connectivity index (χ0) is 14.5. The highest BCUT2D eigenvalue weighted by molar-refractivity contribution is 6.30. The minimum absolute atomic E-state index is 0.0215. The summed E-state index contributed by atoms with van der Waals surface area (Å²) in [7, 11) is 0. The maximum Gasteiger partial charge on any atom is 0.254 e. The minimum atomic E-state index is -0.0215. The van der Waals surface area contributed by atoms with Gasteiger partial charge in [-0.2, -0.15) is 0 Å². The maximum absolute atomic E-state index is 12.4. The highest BCUT2D eigenvalue weighted by Crippen LogP contribution is 2.15. The number of carbonyl (C=O) groups is 1. The van der Waals surface area contributed by atoms with Crippen LogP contribution in [0.4, 0.5) is 5.69 Å². The largest absolute Gasteiger partial charge is 0.399 e. The first kappa shape index (κ1) is 14.4. The molecular weight excluding hydrogens is 272 g/mol. The molecule has 1 amide bonds. The third-order valence-electron chi connectivity index (χ3n) is 3.09. The van der Waals surface area contributed by atoms with Crippen molar-refractivity contribution < 1.29 is 4.79 Å². The van der Waals surface area contributed by atoms with Crippen molar-refractivity contribution in [1.29, 1.82) is 0 Å². The number of nitrogens with zero attached hydrogens (tertiary/aromatic N) is 1. The van der Waals surface area contributed by atoms with Crippen LogP contribution in [0.25, 0.3) is 0 Å². The summed E-state index contributed by atoms with van der Waals surface area (Å²) in [6.07, 6.45) is 0. The Kier molecular flexibility index (Phi) is 4.64. The fourth-order valence-electron chi connectivity index (χ4n) is 1.97. The Labute approximate surface area is 124 Å². The number of hydrogen-bond acceptors (Lipinski definition) is 2. The van der Waals surface area contributed by atoms with Gasteiger partial charge in [0.05, 0.1) is 0 Å². The van der Waals surface area contributed by atoms with E-state index in [0.717, 1.165) is 11.3 Å². The van der Waals surface area contributed by atoms with Crippen molar-refractivity contribution in [3.63, 3.8) is 0 Å². The lowest BCUT2D eigenvalue weighted by Gasteiger charge is -2.21. The van der Waals surface area contributed by atoms with E-state index in [1.54, 1.807) is 29.2 Å². The Morgan fingerprint density at radius 1 is 1.20 bits per heavy atom. The van der Waals surface area contributed by atoms with E-state index < -0.39 is 0 Å². The van der Waals surface area contributed by atoms with E-state index in [9.17, 15) is 4.79 Å². The van der Waals surface area contributed by atoms with Gasteiger partial charge in [0.2, 0.25) is 0 Å². The Morgan fingerprint density at radius 3 is 2.50 bits per heavy atom. The second kappa shape index (κ2) is 6.44. The average molecular weight is 289 g/mol. The molecule has 0 aliphatic heterocycles. The molecule has 0 aliphatic carbocycles. The van der Waals surface area contributed by atoms with E-state index in [1.807, 2.05) is 31.2 Å². The molecule has 0 bridgehead atoms. The van der Waals surface area contributed by atoms with Gasteiger partial charge in [0.1, 0.15) is 0 Å². The molecule has 0 radical (unpaired) electrons. The molecule has 104 valence electrons. The minimum Gasteiger partial charge on any atom is -0.399 e. The van der Waals surface area contributed by atoms with E-state index in [1.165, 1.54) is 0 Å². The number of benzene rings is 2. The molecule has 0 heterocycles. The first-order valence-corrected chi connectivity index (χ1v) is 6.87. The Morgan fingerprint density at radius 2 is 1.90 bits per heavy atom. The zero-order valence-corrected chi connectivity index (χ0v) is 12.1. The van der Waals surface area contributed by atoms with Crippen molar-refractivity contribution >= 4 is 23.2 Å². The van der Waals surface area contributed by atoms with Gasteiger partial charge < -0.3 is 10.6 Å². The number of nitrogen functional groups attached to an aromatic ring is 1. The quantitative estimate of drug-likeness (QED) is 0.874. The summed E-state index contributed by atoms with van der Waals surface area (Å²) in [6.45, 7) is 3.15. The van der Waals surface area contributed by atoms with E-state index in [0.29, 0.717) is 23.7 Å². The summed E-state index contributed by atoms with van der Waals surface area (Å²) in [5, 5.41) is 0.569. The molecule has 0 unspecified atom stereocenters. The maximum atomic E-state index is 12.4. The highest BCUT2D eigenvalue weighted by Gasteiger charge is 2.14. The second-order valence-corrected chi connectivity index (χ2v) is 5.01. The Balaban J connectivity index is 2.15. The number of hydrogen-bond donors (Lipinski definition) is 1. The fourth-order valence-corrected chi connectivity index (χ4v) is 2.17. The molecule has 3 nitrogen and oxygen atoms in total. The van der Waals surface area contributed by atoms with Gasteiger partial charge in [-0.25, -0.2) is 0 Å². The molecule has 0 atom stereocenters. The molecule has 2 aromatic carbocycles. The lowest BCUT2D eigenvalue weighted by atomic mass is 10.1. The van der Waals surface area contributed by atoms with Crippen molar-refractivity contribution in [2.45, 2.75) is 13.5 Å². The second-order valence-electron chi connectivity index (χ2n) is 4.57. The van der Waals surface area contributed by atoms with Crippen LogP contribution in [0.5, 0.6) is 0 Å². The van der Waals surface area contributed by atoms with Gasteiger partial charge in [0, 0.05) is 29.4 Å². The predicted octanol–water partition coefficient (Wildman–Crippen LogP) is 3.58. The molecule has 0 saturated carbocycles. The first-order valence-electron chi connectivity index (χ1n) is 6.49. The van der Waals surface area contributed by atoms with Crippen molar-refractivity contribution in [3.8, 4) is 0 Å². The standard InChI is InChI=1S/C16H17ClN2O/c1-2-19(11-12-6-8-15(18)9-7-12)16(20)13-4-3-5-14(17)10-13/h3-10H,2,11,18H2,1H3. The van der Waals surface area contributed by atoms with Crippen LogP contribution in [-0.2, 0) is 6.54 Å². The van der Waals surface area contributed by atoms with Crippen LogP contribution in [0.2, 0.25) is 5.02 Å². The Hall–Kier alpha value is -2.00. The van der Waals surface area contributed by atoms with Crippen LogP contribution in [0, 0.1) is 0 Å². The number of carbonyl (C=O) groups excluding carboxylic acids is 1. The van der Waals surface area contributed by atoms with Crippen molar-refractivity contribution in [2.75, 3.05) is 12.3 Å². The van der Waals surface area contributed by atoms with Gasteiger partial charge in [0.25, 0.3) is 5.91 Å². The number of nitrogens with two attached hydrogens (primary N) is 1. The summed E-state index contributed by atoms with van der Waals surface area (Å²) in [4.78, 5) is 14.2. The molecule has 2 aromatic rings.